The van der Waals surface area contributed by atoms with Crippen molar-refractivity contribution in [1.82, 2.24) is 0 Å². The molecule has 0 aromatic heterocycles. The third-order valence-corrected chi connectivity index (χ3v) is 4.39. The van der Waals surface area contributed by atoms with E-state index in [1.165, 1.54) is 38.5 Å². The predicted octanol–water partition coefficient (Wildman–Crippen LogP) is 2.16. The molecule has 4 nitrogen and oxygen atoms in total. The highest BCUT2D eigenvalue weighted by Crippen LogP contribution is 2.36. The first-order valence-corrected chi connectivity index (χ1v) is 7.75. The van der Waals surface area contributed by atoms with Gasteiger partial charge in [-0.15, -0.1) is 0 Å². The third kappa shape index (κ3) is 4.71. The Labute approximate surface area is 115 Å². The molecule has 0 radical (unpaired) electrons. The zero-order chi connectivity index (χ0) is 13.0. The van der Waals surface area contributed by atoms with Crippen molar-refractivity contribution in [2.45, 2.75) is 50.7 Å². The van der Waals surface area contributed by atoms with Crippen LogP contribution in [0.5, 0.6) is 0 Å². The monoisotopic (exact) mass is 270 g/mol. The fourth-order valence-electron chi connectivity index (χ4n) is 2.95. The maximum absolute atomic E-state index is 5.89. The van der Waals surface area contributed by atoms with Crippen LogP contribution in [0.4, 0.5) is 0 Å². The second kappa shape index (κ2) is 6.53. The van der Waals surface area contributed by atoms with E-state index in [4.69, 9.17) is 18.9 Å². The number of hydrogen-bond donors (Lipinski definition) is 0. The van der Waals surface area contributed by atoms with Gasteiger partial charge in [-0.1, -0.05) is 25.7 Å². The smallest absolute Gasteiger partial charge is 0.104 e. The standard InChI is InChI=1S/C15H26O4/c1-2-4-6-15(5-3-1,11-16-7-13-9-18-13)12-17-8-14-10-19-14/h13-14H,1-12H2. The number of epoxide rings is 2. The Hall–Kier alpha value is -0.160. The van der Waals surface area contributed by atoms with Crippen LogP contribution in [0, 0.1) is 5.41 Å². The summed E-state index contributed by atoms with van der Waals surface area (Å²) >= 11 is 0. The lowest BCUT2D eigenvalue weighted by atomic mass is 9.82. The summed E-state index contributed by atoms with van der Waals surface area (Å²) in [6.07, 6.45) is 8.55. The van der Waals surface area contributed by atoms with Crippen molar-refractivity contribution in [3.63, 3.8) is 0 Å². The van der Waals surface area contributed by atoms with Gasteiger partial charge >= 0.3 is 0 Å². The number of rotatable bonds is 8. The molecule has 1 aliphatic carbocycles. The average Bonchev–Trinajstić information content (AvgIpc) is 3.27. The number of ether oxygens (including phenoxy) is 4. The SMILES string of the molecule is C1CCCC(COCC2CO2)(COCC2CO2)CC1. The van der Waals surface area contributed by atoms with Gasteiger partial charge in [0.05, 0.1) is 39.6 Å². The number of hydrogen-bond acceptors (Lipinski definition) is 4. The van der Waals surface area contributed by atoms with Crippen molar-refractivity contribution >= 4 is 0 Å². The van der Waals surface area contributed by atoms with Crippen LogP contribution >= 0.6 is 0 Å². The molecule has 0 aromatic carbocycles. The van der Waals surface area contributed by atoms with E-state index in [1.807, 2.05) is 0 Å². The summed E-state index contributed by atoms with van der Waals surface area (Å²) < 4.78 is 22.2. The largest absolute Gasteiger partial charge is 0.378 e. The Morgan fingerprint density at radius 1 is 0.789 bits per heavy atom. The Bertz CT molecular complexity index is 245. The molecule has 2 aliphatic heterocycles. The van der Waals surface area contributed by atoms with Crippen LogP contribution in [-0.2, 0) is 18.9 Å². The van der Waals surface area contributed by atoms with Crippen LogP contribution in [0.3, 0.4) is 0 Å². The Morgan fingerprint density at radius 3 is 1.68 bits per heavy atom. The van der Waals surface area contributed by atoms with Gasteiger partial charge in [0.1, 0.15) is 12.2 Å². The molecule has 2 atom stereocenters. The van der Waals surface area contributed by atoms with Crippen molar-refractivity contribution in [2.75, 3.05) is 39.6 Å². The predicted molar refractivity (Wildman–Crippen MR) is 71.3 cm³/mol. The zero-order valence-electron chi connectivity index (χ0n) is 11.8. The van der Waals surface area contributed by atoms with Gasteiger partial charge in [-0.05, 0) is 12.8 Å². The molecule has 2 unspecified atom stereocenters. The molecule has 3 rings (SSSR count). The summed E-state index contributed by atoms with van der Waals surface area (Å²) in [5, 5.41) is 0. The molecule has 0 bridgehead atoms. The minimum Gasteiger partial charge on any atom is -0.378 e. The van der Waals surface area contributed by atoms with Crippen molar-refractivity contribution < 1.29 is 18.9 Å². The van der Waals surface area contributed by atoms with E-state index < -0.39 is 0 Å². The van der Waals surface area contributed by atoms with Gasteiger partial charge in [0, 0.05) is 5.41 Å². The lowest BCUT2D eigenvalue weighted by Gasteiger charge is -2.32. The minimum absolute atomic E-state index is 0.236. The summed E-state index contributed by atoms with van der Waals surface area (Å²) in [4.78, 5) is 0. The van der Waals surface area contributed by atoms with Gasteiger partial charge in [-0.25, -0.2) is 0 Å². The first-order chi connectivity index (χ1) is 9.36. The van der Waals surface area contributed by atoms with E-state index in [0.29, 0.717) is 12.2 Å². The molecule has 3 fully saturated rings. The van der Waals surface area contributed by atoms with Gasteiger partial charge in [0.2, 0.25) is 0 Å². The van der Waals surface area contributed by atoms with Crippen LogP contribution in [-0.4, -0.2) is 51.8 Å². The Kier molecular flexibility index (Phi) is 4.74. The molecule has 110 valence electrons. The summed E-state index contributed by atoms with van der Waals surface area (Å²) in [5.41, 5.74) is 0.236. The summed E-state index contributed by atoms with van der Waals surface area (Å²) in [7, 11) is 0. The molecular formula is C15H26O4. The van der Waals surface area contributed by atoms with E-state index in [0.717, 1.165) is 39.6 Å². The van der Waals surface area contributed by atoms with E-state index in [-0.39, 0.29) is 5.41 Å². The first kappa shape index (κ1) is 13.8. The van der Waals surface area contributed by atoms with Gasteiger partial charge < -0.3 is 18.9 Å². The lowest BCUT2D eigenvalue weighted by molar-refractivity contribution is -0.0365. The van der Waals surface area contributed by atoms with Gasteiger partial charge in [0.25, 0.3) is 0 Å². The van der Waals surface area contributed by atoms with E-state index >= 15 is 0 Å². The highest BCUT2D eigenvalue weighted by Gasteiger charge is 2.34. The molecule has 0 spiro atoms. The highest BCUT2D eigenvalue weighted by molar-refractivity contribution is 4.83. The maximum atomic E-state index is 5.89. The normalized spacial score (nSPS) is 32.8. The summed E-state index contributed by atoms with van der Waals surface area (Å²) in [6, 6.07) is 0. The second-order valence-corrected chi connectivity index (χ2v) is 6.36. The van der Waals surface area contributed by atoms with Crippen LogP contribution in [0.15, 0.2) is 0 Å². The van der Waals surface area contributed by atoms with E-state index in [2.05, 4.69) is 0 Å². The summed E-state index contributed by atoms with van der Waals surface area (Å²) in [6.45, 7) is 4.93. The van der Waals surface area contributed by atoms with Crippen LogP contribution in [0.25, 0.3) is 0 Å². The van der Waals surface area contributed by atoms with Crippen LogP contribution < -0.4 is 0 Å². The first-order valence-electron chi connectivity index (χ1n) is 7.75. The van der Waals surface area contributed by atoms with Gasteiger partial charge in [-0.2, -0.15) is 0 Å². The molecule has 1 saturated carbocycles. The molecule has 0 aromatic rings. The van der Waals surface area contributed by atoms with Crippen molar-refractivity contribution in [3.05, 3.63) is 0 Å². The Morgan fingerprint density at radius 2 is 1.26 bits per heavy atom. The quantitative estimate of drug-likeness (QED) is 0.501. The van der Waals surface area contributed by atoms with Crippen LogP contribution in [0.1, 0.15) is 38.5 Å². The fraction of sp³-hybridized carbons (Fsp3) is 1.00. The summed E-state index contributed by atoms with van der Waals surface area (Å²) in [5.74, 6) is 0. The zero-order valence-corrected chi connectivity index (χ0v) is 11.8. The van der Waals surface area contributed by atoms with Crippen molar-refractivity contribution in [2.24, 2.45) is 5.41 Å². The lowest BCUT2D eigenvalue weighted by Crippen LogP contribution is -2.33. The maximum Gasteiger partial charge on any atom is 0.104 e. The fourth-order valence-corrected chi connectivity index (χ4v) is 2.95. The molecule has 19 heavy (non-hydrogen) atoms. The molecule has 3 aliphatic rings. The Balaban J connectivity index is 1.45. The molecule has 0 N–H and O–H groups in total. The van der Waals surface area contributed by atoms with E-state index in [9.17, 15) is 0 Å². The highest BCUT2D eigenvalue weighted by atomic mass is 16.6. The second-order valence-electron chi connectivity index (χ2n) is 6.36. The molecular weight excluding hydrogens is 244 g/mol. The average molecular weight is 270 g/mol. The topological polar surface area (TPSA) is 43.5 Å². The van der Waals surface area contributed by atoms with E-state index in [1.54, 1.807) is 0 Å². The molecule has 0 amide bonds. The molecule has 4 heteroatoms. The van der Waals surface area contributed by atoms with Crippen molar-refractivity contribution in [1.29, 1.82) is 0 Å². The van der Waals surface area contributed by atoms with Crippen molar-refractivity contribution in [3.8, 4) is 0 Å². The van der Waals surface area contributed by atoms with Crippen LogP contribution in [0.2, 0.25) is 0 Å². The molecule has 2 saturated heterocycles. The van der Waals surface area contributed by atoms with Gasteiger partial charge in [0.15, 0.2) is 0 Å². The molecule has 2 heterocycles. The third-order valence-electron chi connectivity index (χ3n) is 4.39. The minimum atomic E-state index is 0.236. The van der Waals surface area contributed by atoms with Gasteiger partial charge in [-0.3, -0.25) is 0 Å².